The highest BCUT2D eigenvalue weighted by molar-refractivity contribution is 6.30. The van der Waals surface area contributed by atoms with Crippen LogP contribution in [0.15, 0.2) is 23.3 Å². The Balaban J connectivity index is 1.83. The molecule has 0 unspecified atom stereocenters. The highest BCUT2D eigenvalue weighted by Crippen LogP contribution is 2.19. The van der Waals surface area contributed by atoms with Gasteiger partial charge in [-0.3, -0.25) is 4.79 Å². The second-order valence-electron chi connectivity index (χ2n) is 4.54. The quantitative estimate of drug-likeness (QED) is 0.514. The number of hydrogen-bond donors (Lipinski definition) is 3. The zero-order valence-corrected chi connectivity index (χ0v) is 11.7. The van der Waals surface area contributed by atoms with Crippen LogP contribution >= 0.6 is 11.6 Å². The van der Waals surface area contributed by atoms with Crippen LogP contribution in [0.4, 0.5) is 0 Å². The number of hydrogen-bond acceptors (Lipinski definition) is 4. The van der Waals surface area contributed by atoms with E-state index < -0.39 is 0 Å². The van der Waals surface area contributed by atoms with Crippen LogP contribution in [-0.4, -0.2) is 50.1 Å². The van der Waals surface area contributed by atoms with Crippen molar-refractivity contribution in [2.24, 2.45) is 5.10 Å². The number of hydrazone groups is 1. The Morgan fingerprint density at radius 3 is 3.00 bits per heavy atom. The summed E-state index contributed by atoms with van der Waals surface area (Å²) in [5.74, 6) is -0.106. The van der Waals surface area contributed by atoms with E-state index in [1.165, 1.54) is 17.2 Å². The standard InChI is InChI=1S/C13H16ClN3O3/c14-11-1-2-12(18)10(7-11)8-15-16-13(19)9-17-3-5-20-6-4-17/h1-2,7-8,18H,3-6,9H2,(H,16,19)/p+1. The number of carbonyl (C=O) groups excluding carboxylic acids is 1. The largest absolute Gasteiger partial charge is 0.507 e. The van der Waals surface area contributed by atoms with Gasteiger partial charge in [0, 0.05) is 10.6 Å². The minimum Gasteiger partial charge on any atom is -0.507 e. The molecule has 0 aromatic heterocycles. The lowest BCUT2D eigenvalue weighted by atomic mass is 10.2. The Bertz CT molecular complexity index is 502. The van der Waals surface area contributed by atoms with Crippen molar-refractivity contribution in [3.05, 3.63) is 28.8 Å². The van der Waals surface area contributed by atoms with E-state index >= 15 is 0 Å². The van der Waals surface area contributed by atoms with Gasteiger partial charge < -0.3 is 14.7 Å². The maximum Gasteiger partial charge on any atom is 0.295 e. The number of morpholine rings is 1. The van der Waals surface area contributed by atoms with Crippen molar-refractivity contribution < 1.29 is 19.5 Å². The van der Waals surface area contributed by atoms with Gasteiger partial charge in [-0.05, 0) is 18.2 Å². The summed E-state index contributed by atoms with van der Waals surface area (Å²) in [6.07, 6.45) is 1.37. The molecule has 1 amide bonds. The first-order valence-corrected chi connectivity index (χ1v) is 6.74. The minimum atomic E-state index is -0.167. The van der Waals surface area contributed by atoms with Gasteiger partial charge in [0.2, 0.25) is 0 Å². The van der Waals surface area contributed by atoms with E-state index in [4.69, 9.17) is 16.3 Å². The predicted octanol–water partition coefficient (Wildman–Crippen LogP) is -0.589. The van der Waals surface area contributed by atoms with Gasteiger partial charge in [0.1, 0.15) is 18.8 Å². The second-order valence-corrected chi connectivity index (χ2v) is 4.97. The summed E-state index contributed by atoms with van der Waals surface area (Å²) < 4.78 is 5.22. The van der Waals surface area contributed by atoms with E-state index in [1.807, 2.05) is 0 Å². The van der Waals surface area contributed by atoms with E-state index in [2.05, 4.69) is 10.5 Å². The fraction of sp³-hybridized carbons (Fsp3) is 0.385. The number of nitrogens with one attached hydrogen (secondary N) is 2. The molecule has 0 aliphatic carbocycles. The Kier molecular flexibility index (Phi) is 5.34. The SMILES string of the molecule is O=C(C[NH+]1CCOCC1)NN=Cc1cc(Cl)ccc1O. The van der Waals surface area contributed by atoms with Crippen molar-refractivity contribution in [1.29, 1.82) is 0 Å². The summed E-state index contributed by atoms with van der Waals surface area (Å²) in [7, 11) is 0. The molecule has 0 atom stereocenters. The maximum absolute atomic E-state index is 11.7. The van der Waals surface area contributed by atoms with Gasteiger partial charge in [-0.25, -0.2) is 5.43 Å². The third-order valence-electron chi connectivity index (χ3n) is 2.99. The van der Waals surface area contributed by atoms with Crippen molar-refractivity contribution in [3.63, 3.8) is 0 Å². The maximum atomic E-state index is 11.7. The number of quaternary nitrogens is 1. The van der Waals surface area contributed by atoms with Gasteiger partial charge in [-0.1, -0.05) is 11.6 Å². The fourth-order valence-corrected chi connectivity index (χ4v) is 2.09. The van der Waals surface area contributed by atoms with E-state index in [1.54, 1.807) is 12.1 Å². The highest BCUT2D eigenvalue weighted by atomic mass is 35.5. The molecule has 20 heavy (non-hydrogen) atoms. The highest BCUT2D eigenvalue weighted by Gasteiger charge is 2.16. The first-order valence-electron chi connectivity index (χ1n) is 6.37. The molecule has 1 aliphatic rings. The number of nitrogens with zero attached hydrogens (tertiary/aromatic N) is 1. The van der Waals surface area contributed by atoms with Gasteiger partial charge in [0.05, 0.1) is 19.4 Å². The van der Waals surface area contributed by atoms with Crippen LogP contribution in [0.25, 0.3) is 0 Å². The molecular formula is C13H17ClN3O3+. The summed E-state index contributed by atoms with van der Waals surface area (Å²) in [5, 5.41) is 13.9. The molecule has 108 valence electrons. The van der Waals surface area contributed by atoms with Gasteiger partial charge in [-0.15, -0.1) is 0 Å². The molecule has 1 saturated heterocycles. The molecule has 1 aliphatic heterocycles. The van der Waals surface area contributed by atoms with E-state index in [0.717, 1.165) is 13.1 Å². The number of rotatable bonds is 4. The third kappa shape index (κ3) is 4.48. The molecule has 2 rings (SSSR count). The molecule has 0 radical (unpaired) electrons. The van der Waals surface area contributed by atoms with Gasteiger partial charge in [0.25, 0.3) is 5.91 Å². The average molecular weight is 299 g/mol. The molecule has 1 aromatic carbocycles. The van der Waals surface area contributed by atoms with Crippen LogP contribution in [0.2, 0.25) is 5.02 Å². The van der Waals surface area contributed by atoms with Gasteiger partial charge in [0.15, 0.2) is 6.54 Å². The summed E-state index contributed by atoms with van der Waals surface area (Å²) >= 11 is 5.81. The Labute approximate surface area is 122 Å². The Hall–Kier alpha value is -1.63. The zero-order chi connectivity index (χ0) is 14.4. The van der Waals surface area contributed by atoms with Crippen LogP contribution in [0, 0.1) is 0 Å². The summed E-state index contributed by atoms with van der Waals surface area (Å²) in [6.45, 7) is 3.38. The Morgan fingerprint density at radius 1 is 1.50 bits per heavy atom. The van der Waals surface area contributed by atoms with Crippen LogP contribution in [0.1, 0.15) is 5.56 Å². The molecule has 3 N–H and O–H groups in total. The molecule has 6 nitrogen and oxygen atoms in total. The van der Waals surface area contributed by atoms with Crippen molar-refractivity contribution in [2.75, 3.05) is 32.8 Å². The number of ether oxygens (including phenoxy) is 1. The molecule has 7 heteroatoms. The van der Waals surface area contributed by atoms with E-state index in [-0.39, 0.29) is 11.7 Å². The lowest BCUT2D eigenvalue weighted by Gasteiger charge is -2.22. The van der Waals surface area contributed by atoms with Crippen molar-refractivity contribution in [3.8, 4) is 5.75 Å². The fourth-order valence-electron chi connectivity index (χ4n) is 1.91. The average Bonchev–Trinajstić information content (AvgIpc) is 2.44. The monoisotopic (exact) mass is 298 g/mol. The third-order valence-corrected chi connectivity index (χ3v) is 3.23. The molecule has 0 bridgehead atoms. The van der Waals surface area contributed by atoms with Crippen molar-refractivity contribution in [1.82, 2.24) is 5.43 Å². The van der Waals surface area contributed by atoms with Crippen LogP contribution in [0.5, 0.6) is 5.75 Å². The van der Waals surface area contributed by atoms with Crippen molar-refractivity contribution >= 4 is 23.7 Å². The smallest absolute Gasteiger partial charge is 0.295 e. The molecule has 1 aromatic rings. The number of phenolic OH excluding ortho intramolecular Hbond substituents is 1. The zero-order valence-electron chi connectivity index (χ0n) is 10.9. The lowest BCUT2D eigenvalue weighted by molar-refractivity contribution is -0.900. The molecule has 1 heterocycles. The summed E-state index contributed by atoms with van der Waals surface area (Å²) in [5.41, 5.74) is 2.89. The first-order chi connectivity index (χ1) is 9.65. The topological polar surface area (TPSA) is 75.4 Å². The number of amides is 1. The van der Waals surface area contributed by atoms with E-state index in [9.17, 15) is 9.90 Å². The van der Waals surface area contributed by atoms with Crippen molar-refractivity contribution in [2.45, 2.75) is 0 Å². The summed E-state index contributed by atoms with van der Waals surface area (Å²) in [6, 6.07) is 4.62. The molecular weight excluding hydrogens is 282 g/mol. The lowest BCUT2D eigenvalue weighted by Crippen LogP contribution is -3.15. The van der Waals surface area contributed by atoms with Gasteiger partial charge in [-0.2, -0.15) is 5.10 Å². The second kappa shape index (κ2) is 7.23. The molecule has 0 spiro atoms. The van der Waals surface area contributed by atoms with Crippen LogP contribution < -0.4 is 10.3 Å². The minimum absolute atomic E-state index is 0.0613. The normalized spacial score (nSPS) is 16.4. The summed E-state index contributed by atoms with van der Waals surface area (Å²) in [4.78, 5) is 12.9. The van der Waals surface area contributed by atoms with Gasteiger partial charge >= 0.3 is 0 Å². The molecule has 0 saturated carbocycles. The molecule has 1 fully saturated rings. The van der Waals surface area contributed by atoms with E-state index in [0.29, 0.717) is 30.3 Å². The number of carbonyl (C=O) groups is 1. The van der Waals surface area contributed by atoms with Crippen LogP contribution in [0.3, 0.4) is 0 Å². The van der Waals surface area contributed by atoms with Crippen LogP contribution in [-0.2, 0) is 9.53 Å². The Morgan fingerprint density at radius 2 is 2.25 bits per heavy atom. The predicted molar refractivity (Wildman–Crippen MR) is 75.2 cm³/mol. The number of halogens is 1. The number of phenols is 1. The first kappa shape index (κ1) is 14.8. The number of benzene rings is 1. The number of aromatic hydroxyl groups is 1.